The van der Waals surface area contributed by atoms with Gasteiger partial charge in [-0.3, -0.25) is 4.79 Å². The Kier molecular flexibility index (Phi) is 10.2. The topological polar surface area (TPSA) is 98.5 Å². The SMILES string of the molecule is [C-]#[N+]c1ccc(N2CCC(C(=O)Nc3cnc(N4CCC(CN5CC6(CCN(C(=O)OC(C)(C)C)CC6)C5)CC4)cn3)CC2)cc1C(F)(F)F. The van der Waals surface area contributed by atoms with Gasteiger partial charge in [-0.2, -0.15) is 13.2 Å². The van der Waals surface area contributed by atoms with E-state index in [0.717, 1.165) is 83.4 Å². The summed E-state index contributed by atoms with van der Waals surface area (Å²) in [5, 5.41) is 2.86. The summed E-state index contributed by atoms with van der Waals surface area (Å²) in [6.07, 6.45) is 3.68. The number of hydrogen-bond acceptors (Lipinski definition) is 8. The molecule has 50 heavy (non-hydrogen) atoms. The number of anilines is 3. The molecule has 4 aliphatic rings. The molecular formula is C36H47F3N8O3. The summed E-state index contributed by atoms with van der Waals surface area (Å²) in [6, 6.07) is 3.76. The minimum absolute atomic E-state index is 0.173. The number of ether oxygens (including phenoxy) is 1. The molecule has 1 spiro atoms. The molecule has 270 valence electrons. The minimum atomic E-state index is -4.61. The molecule has 0 atom stereocenters. The highest BCUT2D eigenvalue weighted by atomic mass is 19.4. The summed E-state index contributed by atoms with van der Waals surface area (Å²) in [4.78, 5) is 45.9. The minimum Gasteiger partial charge on any atom is -0.444 e. The molecule has 2 aromatic rings. The lowest BCUT2D eigenvalue weighted by Crippen LogP contribution is -2.61. The predicted molar refractivity (Wildman–Crippen MR) is 184 cm³/mol. The van der Waals surface area contributed by atoms with Gasteiger partial charge in [0.05, 0.1) is 24.5 Å². The van der Waals surface area contributed by atoms with Crippen molar-refractivity contribution >= 4 is 35.0 Å². The second kappa shape index (κ2) is 14.2. The predicted octanol–water partition coefficient (Wildman–Crippen LogP) is 6.45. The van der Waals surface area contributed by atoms with E-state index in [0.29, 0.717) is 48.8 Å². The van der Waals surface area contributed by atoms with Crippen LogP contribution < -0.4 is 15.1 Å². The molecule has 4 saturated heterocycles. The number of nitrogens with zero attached hydrogens (tertiary/aromatic N) is 7. The molecular weight excluding hydrogens is 649 g/mol. The van der Waals surface area contributed by atoms with Crippen molar-refractivity contribution < 1.29 is 27.5 Å². The van der Waals surface area contributed by atoms with Crippen LogP contribution in [0.1, 0.15) is 64.9 Å². The van der Waals surface area contributed by atoms with Gasteiger partial charge in [-0.25, -0.2) is 19.6 Å². The molecule has 1 N–H and O–H groups in total. The third-order valence-electron chi connectivity index (χ3n) is 10.6. The summed E-state index contributed by atoms with van der Waals surface area (Å²) in [7, 11) is 0. The standard InChI is InChI=1S/C36H47F3N8O3/c1-34(2,3)50-33(49)47-17-11-35(12-18-47)23-44(24-35)22-25-7-13-46(14-8-25)31-21-41-30(20-42-31)43-32(48)26-9-15-45(16-10-26)27-5-6-29(40-4)28(19-27)36(37,38)39/h5-6,19-21,25-26H,7-18,22-24H2,1-3H3,(H,41,43,48). The Morgan fingerprint density at radius 1 is 0.960 bits per heavy atom. The molecule has 0 unspecified atom stereocenters. The van der Waals surface area contributed by atoms with E-state index in [4.69, 9.17) is 11.3 Å². The average Bonchev–Trinajstić information content (AvgIpc) is 3.07. The van der Waals surface area contributed by atoms with Gasteiger partial charge in [0.15, 0.2) is 11.5 Å². The summed E-state index contributed by atoms with van der Waals surface area (Å²) in [5.41, 5.74) is -1.09. The van der Waals surface area contributed by atoms with Gasteiger partial charge in [-0.05, 0) is 82.8 Å². The number of piperidine rings is 3. The number of nitrogens with one attached hydrogen (secondary N) is 1. The molecule has 1 aromatic heterocycles. The van der Waals surface area contributed by atoms with Gasteiger partial charge in [0.2, 0.25) is 5.91 Å². The van der Waals surface area contributed by atoms with Crippen LogP contribution in [-0.4, -0.2) is 96.3 Å². The molecule has 0 bridgehead atoms. The van der Waals surface area contributed by atoms with E-state index in [1.54, 1.807) is 12.4 Å². The first-order valence-corrected chi connectivity index (χ1v) is 17.6. The van der Waals surface area contributed by atoms with Gasteiger partial charge < -0.3 is 29.7 Å². The van der Waals surface area contributed by atoms with Gasteiger partial charge in [0.1, 0.15) is 11.4 Å². The molecule has 2 amide bonds. The Bertz CT molecular complexity index is 1560. The fourth-order valence-electron chi connectivity index (χ4n) is 7.77. The monoisotopic (exact) mass is 696 g/mol. The summed E-state index contributed by atoms with van der Waals surface area (Å²) >= 11 is 0. The number of hydrogen-bond donors (Lipinski definition) is 1. The molecule has 0 aliphatic carbocycles. The molecule has 5 heterocycles. The Hall–Kier alpha value is -4.12. The number of aromatic nitrogens is 2. The van der Waals surface area contributed by atoms with Gasteiger partial charge in [-0.1, -0.05) is 6.07 Å². The second-order valence-corrected chi connectivity index (χ2v) is 15.4. The smallest absolute Gasteiger partial charge is 0.410 e. The van der Waals surface area contributed by atoms with Crippen LogP contribution in [0.15, 0.2) is 30.6 Å². The van der Waals surface area contributed by atoms with Crippen LogP contribution in [-0.2, 0) is 15.7 Å². The van der Waals surface area contributed by atoms with Crippen LogP contribution in [0.25, 0.3) is 4.85 Å². The maximum atomic E-state index is 13.4. The van der Waals surface area contributed by atoms with Crippen LogP contribution in [0.2, 0.25) is 0 Å². The Morgan fingerprint density at radius 3 is 2.20 bits per heavy atom. The van der Waals surface area contributed by atoms with Crippen molar-refractivity contribution in [2.75, 3.05) is 74.0 Å². The maximum Gasteiger partial charge on any atom is 0.410 e. The number of carbonyl (C=O) groups excluding carboxylic acids is 2. The summed E-state index contributed by atoms with van der Waals surface area (Å²) in [6.45, 7) is 20.3. The zero-order valence-electron chi connectivity index (χ0n) is 29.1. The van der Waals surface area contributed by atoms with Crippen LogP contribution in [0.5, 0.6) is 0 Å². The lowest BCUT2D eigenvalue weighted by Gasteiger charge is -2.55. The summed E-state index contributed by atoms with van der Waals surface area (Å²) in [5.74, 6) is 1.34. The number of likely N-dealkylation sites (tertiary alicyclic amines) is 2. The van der Waals surface area contributed by atoms with Gasteiger partial charge in [0, 0.05) is 70.5 Å². The molecule has 4 fully saturated rings. The van der Waals surface area contributed by atoms with Gasteiger partial charge >= 0.3 is 12.3 Å². The van der Waals surface area contributed by atoms with Crippen molar-refractivity contribution in [2.24, 2.45) is 17.3 Å². The maximum absolute atomic E-state index is 13.4. The highest BCUT2D eigenvalue weighted by Crippen LogP contribution is 2.42. The molecule has 6 rings (SSSR count). The molecule has 14 heteroatoms. The van der Waals surface area contributed by atoms with E-state index < -0.39 is 23.0 Å². The zero-order chi connectivity index (χ0) is 35.7. The van der Waals surface area contributed by atoms with E-state index in [1.807, 2.05) is 30.6 Å². The number of alkyl halides is 3. The highest BCUT2D eigenvalue weighted by molar-refractivity contribution is 5.91. The van der Waals surface area contributed by atoms with Crippen molar-refractivity contribution in [3.8, 4) is 0 Å². The van der Waals surface area contributed by atoms with E-state index in [-0.39, 0.29) is 17.9 Å². The summed E-state index contributed by atoms with van der Waals surface area (Å²) < 4.78 is 45.8. The largest absolute Gasteiger partial charge is 0.444 e. The van der Waals surface area contributed by atoms with Crippen molar-refractivity contribution in [3.05, 3.63) is 47.6 Å². The first kappa shape index (κ1) is 35.7. The average molecular weight is 697 g/mol. The molecule has 11 nitrogen and oxygen atoms in total. The Morgan fingerprint density at radius 2 is 1.62 bits per heavy atom. The Balaban J connectivity index is 0.897. The van der Waals surface area contributed by atoms with E-state index >= 15 is 0 Å². The van der Waals surface area contributed by atoms with Crippen molar-refractivity contribution in [3.63, 3.8) is 0 Å². The number of amides is 2. The van der Waals surface area contributed by atoms with E-state index in [2.05, 4.69) is 29.9 Å². The van der Waals surface area contributed by atoms with E-state index in [1.165, 1.54) is 12.1 Å². The quantitative estimate of drug-likeness (QED) is 0.345. The van der Waals surface area contributed by atoms with Crippen molar-refractivity contribution in [1.29, 1.82) is 0 Å². The first-order valence-electron chi connectivity index (χ1n) is 17.6. The molecule has 1 aromatic carbocycles. The normalized spacial score (nSPS) is 20.7. The van der Waals surface area contributed by atoms with E-state index in [9.17, 15) is 22.8 Å². The second-order valence-electron chi connectivity index (χ2n) is 15.4. The van der Waals surface area contributed by atoms with Crippen molar-refractivity contribution in [1.82, 2.24) is 19.8 Å². The number of rotatable bonds is 6. The molecule has 0 saturated carbocycles. The van der Waals surface area contributed by atoms with Crippen molar-refractivity contribution in [2.45, 2.75) is 71.1 Å². The van der Waals surface area contributed by atoms with Crippen LogP contribution in [0, 0.1) is 23.8 Å². The number of benzene rings is 1. The van der Waals surface area contributed by atoms with Crippen LogP contribution in [0.4, 0.5) is 41.0 Å². The Labute approximate surface area is 292 Å². The third-order valence-corrected chi connectivity index (χ3v) is 10.6. The fraction of sp³-hybridized carbons (Fsp3) is 0.639. The lowest BCUT2D eigenvalue weighted by molar-refractivity contribution is -0.136. The first-order chi connectivity index (χ1) is 23.7. The highest BCUT2D eigenvalue weighted by Gasteiger charge is 2.46. The molecule has 4 aliphatic heterocycles. The third kappa shape index (κ3) is 8.42. The van der Waals surface area contributed by atoms with Gasteiger partial charge in [-0.15, -0.1) is 0 Å². The zero-order valence-corrected chi connectivity index (χ0v) is 29.1. The number of halogens is 3. The van der Waals surface area contributed by atoms with Crippen LogP contribution in [0.3, 0.4) is 0 Å². The number of carbonyl (C=O) groups is 2. The molecule has 0 radical (unpaired) electrons. The van der Waals surface area contributed by atoms with Gasteiger partial charge in [0.25, 0.3) is 0 Å². The fourth-order valence-corrected chi connectivity index (χ4v) is 7.77. The lowest BCUT2D eigenvalue weighted by atomic mass is 9.71. The van der Waals surface area contributed by atoms with Crippen LogP contribution >= 0.6 is 0 Å².